The van der Waals surface area contributed by atoms with Crippen molar-refractivity contribution in [3.8, 4) is 30.2 Å². The van der Waals surface area contributed by atoms with E-state index in [0.717, 1.165) is 5.69 Å². The average Bonchev–Trinajstić information content (AvgIpc) is 2.89. The molecule has 0 unspecified atom stereocenters. The summed E-state index contributed by atoms with van der Waals surface area (Å²) in [5, 5.41) is 12.3. The fraction of sp³-hybridized carbons (Fsp3) is 0.500. The number of anilines is 2. The van der Waals surface area contributed by atoms with Gasteiger partial charge < -0.3 is 34.3 Å². The zero-order chi connectivity index (χ0) is 26.5. The first-order valence-corrected chi connectivity index (χ1v) is 11.9. The van der Waals surface area contributed by atoms with E-state index in [1.54, 1.807) is 31.4 Å². The lowest BCUT2D eigenvalue weighted by molar-refractivity contribution is 0.0511. The molecule has 2 aromatic rings. The highest BCUT2D eigenvalue weighted by molar-refractivity contribution is 5.69. The number of aliphatic hydroxyl groups excluding tert-OH is 1. The maximum atomic E-state index is 12.1. The van der Waals surface area contributed by atoms with Crippen LogP contribution < -0.4 is 19.5 Å². The molecule has 1 aliphatic heterocycles. The Morgan fingerprint density at radius 1 is 1.19 bits per heavy atom. The van der Waals surface area contributed by atoms with Crippen LogP contribution in [0.4, 0.5) is 16.3 Å². The van der Waals surface area contributed by atoms with Crippen molar-refractivity contribution in [2.24, 2.45) is 0 Å². The molecule has 196 valence electrons. The molecular formula is C26H36N4O6. The van der Waals surface area contributed by atoms with Crippen LogP contribution in [-0.2, 0) is 11.2 Å². The number of aryl methyl sites for hydroxylation is 1. The Balaban J connectivity index is 0.00000222. The lowest BCUT2D eigenvalue weighted by Crippen LogP contribution is -2.42. The molecule has 0 aromatic carbocycles. The average molecular weight is 501 g/mol. The van der Waals surface area contributed by atoms with E-state index in [1.807, 2.05) is 26.0 Å². The monoisotopic (exact) mass is 500 g/mol. The second-order valence-electron chi connectivity index (χ2n) is 8.24. The summed E-state index contributed by atoms with van der Waals surface area (Å²) in [5.41, 5.74) is 1.47. The van der Waals surface area contributed by atoms with Gasteiger partial charge in [-0.05, 0) is 38.8 Å². The molecular weight excluding hydrogens is 464 g/mol. The molecule has 0 bridgehead atoms. The minimum absolute atomic E-state index is 0.0609. The van der Waals surface area contributed by atoms with Crippen molar-refractivity contribution in [2.75, 3.05) is 39.2 Å². The number of piperidine rings is 1. The van der Waals surface area contributed by atoms with E-state index in [0.29, 0.717) is 67.7 Å². The summed E-state index contributed by atoms with van der Waals surface area (Å²) < 4.78 is 22.6. The first-order valence-electron chi connectivity index (χ1n) is 11.9. The normalized spacial score (nSPS) is 13.4. The number of hydrogen-bond donors (Lipinski definition) is 2. The number of likely N-dealkylation sites (tertiary alicyclic amines) is 1. The highest BCUT2D eigenvalue weighted by Crippen LogP contribution is 2.37. The Morgan fingerprint density at radius 2 is 1.92 bits per heavy atom. The van der Waals surface area contributed by atoms with Gasteiger partial charge in [-0.25, -0.2) is 14.8 Å². The number of hydrogen-bond acceptors (Lipinski definition) is 9. The number of carbonyl (C=O) groups excluding carboxylic acids is 1. The third-order valence-electron chi connectivity index (χ3n) is 5.36. The summed E-state index contributed by atoms with van der Waals surface area (Å²) in [6, 6.07) is 5.50. The van der Waals surface area contributed by atoms with Gasteiger partial charge in [0.15, 0.2) is 11.6 Å². The van der Waals surface area contributed by atoms with Crippen molar-refractivity contribution in [2.45, 2.75) is 51.7 Å². The van der Waals surface area contributed by atoms with E-state index in [2.05, 4.69) is 28.1 Å². The number of terminal acetylenes is 1. The number of amides is 1. The third kappa shape index (κ3) is 7.92. The van der Waals surface area contributed by atoms with E-state index in [9.17, 15) is 4.79 Å². The second-order valence-corrected chi connectivity index (χ2v) is 8.24. The van der Waals surface area contributed by atoms with Crippen LogP contribution in [0.25, 0.3) is 0 Å². The van der Waals surface area contributed by atoms with E-state index in [-0.39, 0.29) is 24.9 Å². The predicted octanol–water partition coefficient (Wildman–Crippen LogP) is 3.80. The summed E-state index contributed by atoms with van der Waals surface area (Å²) in [7, 11) is 3.11. The van der Waals surface area contributed by atoms with E-state index < -0.39 is 0 Å². The van der Waals surface area contributed by atoms with E-state index >= 15 is 0 Å². The summed E-state index contributed by atoms with van der Waals surface area (Å²) in [4.78, 5) is 22.7. The molecule has 0 aliphatic carbocycles. The van der Waals surface area contributed by atoms with Gasteiger partial charge in [0.2, 0.25) is 11.6 Å². The topological polar surface area (TPSA) is 115 Å². The van der Waals surface area contributed by atoms with Crippen molar-refractivity contribution in [3.05, 3.63) is 30.1 Å². The minimum atomic E-state index is -0.286. The van der Waals surface area contributed by atoms with Crippen molar-refractivity contribution >= 4 is 17.6 Å². The molecule has 1 amide bonds. The zero-order valence-electron chi connectivity index (χ0n) is 21.4. The van der Waals surface area contributed by atoms with Gasteiger partial charge in [0.1, 0.15) is 11.8 Å². The Hall–Kier alpha value is -3.71. The molecule has 2 N–H and O–H groups in total. The molecule has 3 heterocycles. The first-order chi connectivity index (χ1) is 17.4. The number of methoxy groups -OCH3 is 2. The van der Waals surface area contributed by atoms with Crippen molar-refractivity contribution in [3.63, 3.8) is 0 Å². The summed E-state index contributed by atoms with van der Waals surface area (Å²) in [5.74, 6) is 1.93. The van der Waals surface area contributed by atoms with Gasteiger partial charge >= 0.3 is 6.09 Å². The zero-order valence-corrected chi connectivity index (χ0v) is 21.4. The fourth-order valence-electron chi connectivity index (χ4n) is 3.68. The Labute approximate surface area is 212 Å². The number of ether oxygens (including phenoxy) is 4. The van der Waals surface area contributed by atoms with Crippen LogP contribution in [-0.4, -0.2) is 72.2 Å². The molecule has 0 atom stereocenters. The smallest absolute Gasteiger partial charge is 0.410 e. The van der Waals surface area contributed by atoms with Gasteiger partial charge in [-0.3, -0.25) is 0 Å². The number of rotatable bonds is 10. The second kappa shape index (κ2) is 14.6. The first kappa shape index (κ1) is 28.5. The highest BCUT2D eigenvalue weighted by atomic mass is 16.6. The number of carbonyl (C=O) groups is 1. The van der Waals surface area contributed by atoms with Gasteiger partial charge in [0.25, 0.3) is 0 Å². The minimum Gasteiger partial charge on any atom is -0.490 e. The van der Waals surface area contributed by atoms with Gasteiger partial charge in [0, 0.05) is 50.5 Å². The van der Waals surface area contributed by atoms with Crippen LogP contribution in [0.15, 0.2) is 24.4 Å². The van der Waals surface area contributed by atoms with Gasteiger partial charge in [-0.2, -0.15) is 0 Å². The van der Waals surface area contributed by atoms with Gasteiger partial charge in [-0.1, -0.05) is 0 Å². The number of nitrogens with one attached hydrogen (secondary N) is 1. The quantitative estimate of drug-likeness (QED) is 0.470. The van der Waals surface area contributed by atoms with E-state index in [1.165, 1.54) is 0 Å². The molecule has 1 fully saturated rings. The molecule has 10 heteroatoms. The third-order valence-corrected chi connectivity index (χ3v) is 5.36. The number of nitrogens with zero attached hydrogens (tertiary/aromatic N) is 3. The summed E-state index contributed by atoms with van der Waals surface area (Å²) >= 11 is 0. The highest BCUT2D eigenvalue weighted by Gasteiger charge is 2.26. The Bertz CT molecular complexity index is 990. The summed E-state index contributed by atoms with van der Waals surface area (Å²) in [6.45, 7) is 4.93. The van der Waals surface area contributed by atoms with Crippen LogP contribution in [0.2, 0.25) is 0 Å². The fourth-order valence-corrected chi connectivity index (χ4v) is 3.68. The molecule has 1 aliphatic rings. The largest absolute Gasteiger partial charge is 0.490 e. The lowest BCUT2D eigenvalue weighted by Gasteiger charge is -2.32. The van der Waals surface area contributed by atoms with Crippen LogP contribution in [0.3, 0.4) is 0 Å². The van der Waals surface area contributed by atoms with Crippen molar-refractivity contribution < 1.29 is 28.8 Å². The van der Waals surface area contributed by atoms with Crippen molar-refractivity contribution in [1.82, 2.24) is 14.9 Å². The predicted molar refractivity (Wildman–Crippen MR) is 137 cm³/mol. The molecule has 36 heavy (non-hydrogen) atoms. The molecule has 2 aromatic heterocycles. The van der Waals surface area contributed by atoms with Crippen molar-refractivity contribution in [1.29, 1.82) is 0 Å². The lowest BCUT2D eigenvalue weighted by atomic mass is 10.1. The molecule has 0 radical (unpaired) electrons. The Morgan fingerprint density at radius 3 is 2.53 bits per heavy atom. The number of aliphatic hydroxyl groups is 1. The molecule has 3 rings (SSSR count). The summed E-state index contributed by atoms with van der Waals surface area (Å²) in [6.07, 6.45) is 11.8. The SMILES string of the molecule is C#C.COc1nc(CCCO)ccc1Nc1nccc(OC2CCN(C(=O)OC(C)C)CC2)c1OC. The maximum Gasteiger partial charge on any atom is 0.410 e. The van der Waals surface area contributed by atoms with Crippen LogP contribution in [0, 0.1) is 12.8 Å². The molecule has 0 saturated carbocycles. The van der Waals surface area contributed by atoms with Gasteiger partial charge in [-0.15, -0.1) is 12.8 Å². The molecule has 1 saturated heterocycles. The maximum absolute atomic E-state index is 12.1. The van der Waals surface area contributed by atoms with E-state index in [4.69, 9.17) is 24.1 Å². The van der Waals surface area contributed by atoms with Crippen LogP contribution in [0.1, 0.15) is 38.8 Å². The standard InChI is InChI=1S/C24H34N4O6.C2H2/c1-16(2)33-24(30)28-13-10-18(11-14-28)34-20-9-12-25-22(21(20)31-3)27-19-8-7-17(6-5-15-29)26-23(19)32-4;1-2/h7-9,12,16,18,29H,5-6,10-11,13-15H2,1-4H3,(H,25,27);1-2H. The van der Waals surface area contributed by atoms with Crippen LogP contribution in [0.5, 0.6) is 17.4 Å². The van der Waals surface area contributed by atoms with Gasteiger partial charge in [0.05, 0.1) is 20.3 Å². The number of pyridine rings is 2. The Kier molecular flexibility index (Phi) is 11.6. The molecule has 10 nitrogen and oxygen atoms in total. The molecule has 0 spiro atoms. The number of aromatic nitrogens is 2. The van der Waals surface area contributed by atoms with Crippen LogP contribution >= 0.6 is 0 Å².